The molecule has 0 aliphatic carbocycles. The van der Waals surface area contributed by atoms with Crippen LogP contribution in [0.2, 0.25) is 5.02 Å². The van der Waals surface area contributed by atoms with Crippen LogP contribution in [0.4, 0.5) is 5.82 Å². The van der Waals surface area contributed by atoms with Crippen LogP contribution in [0.5, 0.6) is 0 Å². The van der Waals surface area contributed by atoms with Crippen LogP contribution in [-0.4, -0.2) is 19.6 Å². The van der Waals surface area contributed by atoms with E-state index in [-0.39, 0.29) is 5.92 Å². The number of H-pyrrole nitrogens is 1. The highest BCUT2D eigenvalue weighted by atomic mass is 35.5. The van der Waals surface area contributed by atoms with Crippen molar-refractivity contribution < 1.29 is 0 Å². The number of nitrogens with one attached hydrogen (secondary N) is 1. The van der Waals surface area contributed by atoms with Crippen LogP contribution in [0.25, 0.3) is 32.9 Å². The summed E-state index contributed by atoms with van der Waals surface area (Å²) >= 11 is 6.03. The number of nitrogens with zero attached hydrogens (tertiary/aromatic N) is 4. The van der Waals surface area contributed by atoms with E-state index in [4.69, 9.17) is 18.2 Å². The van der Waals surface area contributed by atoms with Crippen molar-refractivity contribution in [3.05, 3.63) is 70.9 Å². The molecule has 3 aromatic heterocycles. The van der Waals surface area contributed by atoms with Gasteiger partial charge in [-0.3, -0.25) is 5.10 Å². The number of fused-ring (bicyclic) bond motifs is 1. The number of hydrogen-bond acceptors (Lipinski definition) is 2. The Balaban J connectivity index is 1.96. The lowest BCUT2D eigenvalue weighted by atomic mass is 9.95. The van der Waals surface area contributed by atoms with Crippen LogP contribution in [0, 0.1) is 6.57 Å². The van der Waals surface area contributed by atoms with Gasteiger partial charge in [0.15, 0.2) is 0 Å². The molecular formula is C20H16ClN5. The number of aromatic nitrogens is 4. The van der Waals surface area contributed by atoms with Gasteiger partial charge in [0.25, 0.3) is 5.82 Å². The summed E-state index contributed by atoms with van der Waals surface area (Å²) in [4.78, 5) is 7.81. The maximum atomic E-state index is 7.33. The second-order valence-corrected chi connectivity index (χ2v) is 6.83. The molecule has 6 heteroatoms. The van der Waals surface area contributed by atoms with Gasteiger partial charge in [0, 0.05) is 33.5 Å². The van der Waals surface area contributed by atoms with Gasteiger partial charge in [-0.1, -0.05) is 44.2 Å². The molecule has 0 aliphatic heterocycles. The Bertz CT molecular complexity index is 1130. The van der Waals surface area contributed by atoms with E-state index in [1.165, 1.54) is 0 Å². The molecule has 0 saturated heterocycles. The Kier molecular flexibility index (Phi) is 3.98. The van der Waals surface area contributed by atoms with Crippen molar-refractivity contribution in [1.82, 2.24) is 19.6 Å². The highest BCUT2D eigenvalue weighted by molar-refractivity contribution is 6.30. The third kappa shape index (κ3) is 2.65. The van der Waals surface area contributed by atoms with Crippen LogP contribution in [0.3, 0.4) is 0 Å². The van der Waals surface area contributed by atoms with Gasteiger partial charge >= 0.3 is 0 Å². The van der Waals surface area contributed by atoms with Crippen LogP contribution in [-0.2, 0) is 0 Å². The molecule has 4 aromatic rings. The first-order chi connectivity index (χ1) is 12.6. The Morgan fingerprint density at radius 3 is 2.54 bits per heavy atom. The summed E-state index contributed by atoms with van der Waals surface area (Å²) in [6.07, 6.45) is 3.54. The molecule has 0 atom stereocenters. The third-order valence-electron chi connectivity index (χ3n) is 4.38. The van der Waals surface area contributed by atoms with E-state index in [0.29, 0.717) is 10.8 Å². The summed E-state index contributed by atoms with van der Waals surface area (Å²) in [5.41, 5.74) is 5.69. The van der Waals surface area contributed by atoms with Crippen LogP contribution in [0.15, 0.2) is 48.8 Å². The number of rotatable bonds is 3. The van der Waals surface area contributed by atoms with Crippen molar-refractivity contribution in [2.24, 2.45) is 0 Å². The van der Waals surface area contributed by atoms with E-state index in [1.807, 2.05) is 47.0 Å². The van der Waals surface area contributed by atoms with E-state index in [9.17, 15) is 0 Å². The van der Waals surface area contributed by atoms with E-state index < -0.39 is 0 Å². The predicted octanol–water partition coefficient (Wildman–Crippen LogP) is 5.72. The van der Waals surface area contributed by atoms with E-state index in [1.54, 1.807) is 6.20 Å². The second-order valence-electron chi connectivity index (χ2n) is 6.40. The molecule has 0 bridgehead atoms. The van der Waals surface area contributed by atoms with Crippen molar-refractivity contribution in [3.8, 4) is 22.4 Å². The number of imidazole rings is 1. The number of benzene rings is 1. The predicted molar refractivity (Wildman–Crippen MR) is 104 cm³/mol. The maximum absolute atomic E-state index is 7.33. The summed E-state index contributed by atoms with van der Waals surface area (Å²) in [6.45, 7) is 11.6. The summed E-state index contributed by atoms with van der Waals surface area (Å²) in [5, 5.41) is 8.45. The van der Waals surface area contributed by atoms with Crippen molar-refractivity contribution in [2.45, 2.75) is 19.8 Å². The normalized spacial score (nSPS) is 11.2. The van der Waals surface area contributed by atoms with Gasteiger partial charge in [-0.2, -0.15) is 5.10 Å². The van der Waals surface area contributed by atoms with Crippen LogP contribution < -0.4 is 0 Å². The molecule has 1 aromatic carbocycles. The molecule has 128 valence electrons. The monoisotopic (exact) mass is 361 g/mol. The molecule has 0 unspecified atom stereocenters. The molecule has 0 saturated carbocycles. The lowest BCUT2D eigenvalue weighted by Crippen LogP contribution is -1.93. The molecule has 4 rings (SSSR count). The lowest BCUT2D eigenvalue weighted by Gasteiger charge is -2.09. The molecular weight excluding hydrogens is 346 g/mol. The fraction of sp³-hybridized carbons (Fsp3) is 0.150. The molecule has 5 nitrogen and oxygen atoms in total. The smallest absolute Gasteiger partial charge is 0.254 e. The van der Waals surface area contributed by atoms with Gasteiger partial charge in [0.05, 0.1) is 12.4 Å². The van der Waals surface area contributed by atoms with Crippen molar-refractivity contribution in [1.29, 1.82) is 0 Å². The quantitative estimate of drug-likeness (QED) is 0.474. The van der Waals surface area contributed by atoms with E-state index >= 15 is 0 Å². The highest BCUT2D eigenvalue weighted by Gasteiger charge is 2.20. The van der Waals surface area contributed by atoms with E-state index in [2.05, 4.69) is 33.9 Å². The van der Waals surface area contributed by atoms with Crippen LogP contribution in [0.1, 0.15) is 25.5 Å². The van der Waals surface area contributed by atoms with Gasteiger partial charge in [-0.15, -0.1) is 0 Å². The van der Waals surface area contributed by atoms with Crippen molar-refractivity contribution in [2.75, 3.05) is 0 Å². The first-order valence-electron chi connectivity index (χ1n) is 8.27. The summed E-state index contributed by atoms with van der Waals surface area (Å²) < 4.78 is 1.81. The Hall–Kier alpha value is -3.10. The van der Waals surface area contributed by atoms with Gasteiger partial charge < -0.3 is 4.85 Å². The fourth-order valence-corrected chi connectivity index (χ4v) is 3.21. The summed E-state index contributed by atoms with van der Waals surface area (Å²) in [5.74, 6) is 0.766. The minimum Gasteiger partial charge on any atom is -0.362 e. The van der Waals surface area contributed by atoms with Gasteiger partial charge in [-0.25, -0.2) is 9.38 Å². The third-order valence-corrected chi connectivity index (χ3v) is 4.63. The van der Waals surface area contributed by atoms with Crippen molar-refractivity contribution >= 4 is 23.1 Å². The average Bonchev–Trinajstić information content (AvgIpc) is 3.25. The first-order valence-corrected chi connectivity index (χ1v) is 8.65. The Morgan fingerprint density at radius 1 is 1.12 bits per heavy atom. The largest absolute Gasteiger partial charge is 0.362 e. The zero-order chi connectivity index (χ0) is 18.3. The Labute approximate surface area is 156 Å². The van der Waals surface area contributed by atoms with Gasteiger partial charge in [0.2, 0.25) is 5.65 Å². The summed E-state index contributed by atoms with van der Waals surface area (Å²) in [7, 11) is 0. The second kappa shape index (κ2) is 6.32. The molecule has 0 aliphatic rings. The average molecular weight is 362 g/mol. The SMILES string of the molecule is [C-]#[N+]c1cnc2ccc(-c3c(-c4ccc(Cl)cc4)n[nH]c3C(C)C)cn12. The van der Waals surface area contributed by atoms with E-state index in [0.717, 1.165) is 33.7 Å². The lowest BCUT2D eigenvalue weighted by molar-refractivity contribution is 0.812. The number of aromatic amines is 1. The standard InChI is InChI=1S/C20H16ClN5/c1-12(2)19-18(20(25-24-19)13-4-7-15(21)8-5-13)14-6-9-16-23-10-17(22-3)26(16)11-14/h4-12H,1-2H3,(H,24,25). The van der Waals surface area contributed by atoms with Gasteiger partial charge in [0.1, 0.15) is 5.69 Å². The molecule has 0 spiro atoms. The van der Waals surface area contributed by atoms with Crippen molar-refractivity contribution in [3.63, 3.8) is 0 Å². The molecule has 0 radical (unpaired) electrons. The number of halogens is 1. The topological polar surface area (TPSA) is 50.3 Å². The number of pyridine rings is 1. The summed E-state index contributed by atoms with van der Waals surface area (Å²) in [6, 6.07) is 11.6. The first kappa shape index (κ1) is 16.4. The number of hydrogen-bond donors (Lipinski definition) is 1. The molecule has 1 N–H and O–H groups in total. The highest BCUT2D eigenvalue weighted by Crippen LogP contribution is 2.37. The fourth-order valence-electron chi connectivity index (χ4n) is 3.08. The minimum atomic E-state index is 0.275. The molecule has 26 heavy (non-hydrogen) atoms. The zero-order valence-electron chi connectivity index (χ0n) is 14.4. The molecule has 0 fully saturated rings. The molecule has 3 heterocycles. The van der Waals surface area contributed by atoms with Gasteiger partial charge in [-0.05, 0) is 24.1 Å². The van der Waals surface area contributed by atoms with Crippen LogP contribution >= 0.6 is 11.6 Å². The Morgan fingerprint density at radius 2 is 1.85 bits per heavy atom. The zero-order valence-corrected chi connectivity index (χ0v) is 15.1. The maximum Gasteiger partial charge on any atom is 0.254 e. The minimum absolute atomic E-state index is 0.275. The molecule has 0 amide bonds.